The van der Waals surface area contributed by atoms with E-state index in [-0.39, 0.29) is 6.61 Å². The third kappa shape index (κ3) is 3.41. The molecule has 0 spiro atoms. The highest BCUT2D eigenvalue weighted by molar-refractivity contribution is 6.30. The smallest absolute Gasteiger partial charge is 0.138 e. The topological polar surface area (TPSA) is 53.2 Å². The lowest BCUT2D eigenvalue weighted by Crippen LogP contribution is -2.31. The van der Waals surface area contributed by atoms with Crippen LogP contribution in [-0.4, -0.2) is 17.3 Å². The molecule has 0 aliphatic heterocycles. The quantitative estimate of drug-likeness (QED) is 0.879. The molecule has 0 heterocycles. The van der Waals surface area contributed by atoms with E-state index >= 15 is 0 Å². The fourth-order valence-electron chi connectivity index (χ4n) is 1.04. The molecule has 0 fully saturated rings. The van der Waals surface area contributed by atoms with E-state index in [0.717, 1.165) is 0 Å². The molecule has 1 atom stereocenters. The summed E-state index contributed by atoms with van der Waals surface area (Å²) in [6, 6.07) is 6.81. The highest BCUT2D eigenvalue weighted by atomic mass is 35.5. The predicted octanol–water partition coefficient (Wildman–Crippen LogP) is 2.75. The first-order chi connectivity index (χ1) is 7.48. The molecule has 4 heteroatoms. The van der Waals surface area contributed by atoms with Crippen LogP contribution in [0, 0.1) is 11.3 Å². The monoisotopic (exact) mass is 239 g/mol. The molecule has 86 valence electrons. The molecule has 1 unspecified atom stereocenters. The average Bonchev–Trinajstić information content (AvgIpc) is 2.27. The molecule has 0 amide bonds. The second-order valence-electron chi connectivity index (χ2n) is 3.89. The van der Waals surface area contributed by atoms with E-state index in [2.05, 4.69) is 0 Å². The third-order valence-corrected chi connectivity index (χ3v) is 2.60. The summed E-state index contributed by atoms with van der Waals surface area (Å²) in [6.45, 7) is 3.69. The van der Waals surface area contributed by atoms with Crippen molar-refractivity contribution in [2.45, 2.75) is 25.9 Å². The van der Waals surface area contributed by atoms with Crippen LogP contribution in [-0.2, 0) is 0 Å². The van der Waals surface area contributed by atoms with E-state index in [1.165, 1.54) is 0 Å². The van der Waals surface area contributed by atoms with Crippen molar-refractivity contribution in [1.29, 1.82) is 5.26 Å². The van der Waals surface area contributed by atoms with E-state index in [1.54, 1.807) is 25.1 Å². The summed E-state index contributed by atoms with van der Waals surface area (Å²) in [5, 5.41) is 19.1. The fraction of sp³-hybridized carbons (Fsp3) is 0.417. The number of hydrogen-bond acceptors (Lipinski definition) is 3. The summed E-state index contributed by atoms with van der Waals surface area (Å²) in [5.74, 6) is 0.406. The molecule has 1 aromatic rings. The Hall–Kier alpha value is -1.24. The van der Waals surface area contributed by atoms with E-state index in [4.69, 9.17) is 21.6 Å². The van der Waals surface area contributed by atoms with Crippen LogP contribution in [0.2, 0.25) is 5.02 Å². The molecular formula is C12H14ClNO2. The number of halogens is 1. The first kappa shape index (κ1) is 12.8. The van der Waals surface area contributed by atoms with E-state index in [1.807, 2.05) is 13.0 Å². The van der Waals surface area contributed by atoms with Crippen LogP contribution in [0.1, 0.15) is 25.8 Å². The fourth-order valence-corrected chi connectivity index (χ4v) is 1.21. The van der Waals surface area contributed by atoms with Crippen molar-refractivity contribution in [1.82, 2.24) is 0 Å². The Kier molecular flexibility index (Phi) is 4.17. The Morgan fingerprint density at radius 2 is 2.25 bits per heavy atom. The summed E-state index contributed by atoms with van der Waals surface area (Å²) in [4.78, 5) is 0. The minimum atomic E-state index is -0.894. The molecular weight excluding hydrogens is 226 g/mol. The van der Waals surface area contributed by atoms with Gasteiger partial charge in [-0.3, -0.25) is 0 Å². The number of nitriles is 1. The van der Waals surface area contributed by atoms with Gasteiger partial charge in [0.15, 0.2) is 0 Å². The number of aliphatic hydroxyl groups is 1. The van der Waals surface area contributed by atoms with Crippen molar-refractivity contribution in [2.75, 3.05) is 6.61 Å². The van der Waals surface area contributed by atoms with Gasteiger partial charge in [0, 0.05) is 11.1 Å². The largest absolute Gasteiger partial charge is 0.489 e. The molecule has 0 aliphatic rings. The normalized spacial score (nSPS) is 13.9. The predicted molar refractivity (Wildman–Crippen MR) is 62.6 cm³/mol. The van der Waals surface area contributed by atoms with Crippen molar-refractivity contribution in [3.05, 3.63) is 28.8 Å². The molecule has 1 aromatic carbocycles. The Morgan fingerprint density at radius 3 is 2.81 bits per heavy atom. The van der Waals surface area contributed by atoms with Crippen LogP contribution >= 0.6 is 11.6 Å². The molecule has 0 radical (unpaired) electrons. The third-order valence-electron chi connectivity index (χ3n) is 2.36. The van der Waals surface area contributed by atoms with Crippen molar-refractivity contribution in [3.8, 4) is 11.8 Å². The molecule has 0 bridgehead atoms. The Morgan fingerprint density at radius 1 is 1.56 bits per heavy atom. The molecule has 0 saturated carbocycles. The zero-order chi connectivity index (χ0) is 12.2. The van der Waals surface area contributed by atoms with Crippen LogP contribution in [0.3, 0.4) is 0 Å². The number of hydrogen-bond donors (Lipinski definition) is 1. The maximum Gasteiger partial charge on any atom is 0.138 e. The Bertz CT molecular complexity index is 410. The number of benzene rings is 1. The Balaban J connectivity index is 2.81. The average molecular weight is 240 g/mol. The number of rotatable bonds is 4. The van der Waals surface area contributed by atoms with Crippen molar-refractivity contribution >= 4 is 11.6 Å². The van der Waals surface area contributed by atoms with Crippen LogP contribution in [0.25, 0.3) is 0 Å². The zero-order valence-corrected chi connectivity index (χ0v) is 10.1. The highest BCUT2D eigenvalue weighted by Gasteiger charge is 2.19. The van der Waals surface area contributed by atoms with Crippen molar-refractivity contribution in [3.63, 3.8) is 0 Å². The van der Waals surface area contributed by atoms with Crippen molar-refractivity contribution in [2.24, 2.45) is 0 Å². The van der Waals surface area contributed by atoms with Gasteiger partial charge in [0.1, 0.15) is 18.4 Å². The van der Waals surface area contributed by atoms with E-state index in [9.17, 15) is 5.11 Å². The minimum absolute atomic E-state index is 0.137. The van der Waals surface area contributed by atoms with Gasteiger partial charge in [0.25, 0.3) is 0 Å². The van der Waals surface area contributed by atoms with E-state index in [0.29, 0.717) is 22.8 Å². The Labute approximate surface area is 100 Å². The molecule has 16 heavy (non-hydrogen) atoms. The summed E-state index contributed by atoms with van der Waals surface area (Å²) < 4.78 is 5.41. The molecule has 1 N–H and O–H groups in total. The number of nitrogens with zero attached hydrogens (tertiary/aromatic N) is 1. The van der Waals surface area contributed by atoms with Gasteiger partial charge < -0.3 is 9.84 Å². The lowest BCUT2D eigenvalue weighted by atomic mass is 10.1. The van der Waals surface area contributed by atoms with Crippen molar-refractivity contribution < 1.29 is 9.84 Å². The van der Waals surface area contributed by atoms with Crippen LogP contribution in [0.4, 0.5) is 0 Å². The standard InChI is InChI=1S/C12H14ClNO2/c1-3-12(2,15)8-16-11-6-10(13)5-4-9(11)7-14/h4-6,15H,3,8H2,1-2H3. The summed E-state index contributed by atoms with van der Waals surface area (Å²) in [6.07, 6.45) is 0.579. The summed E-state index contributed by atoms with van der Waals surface area (Å²) in [5.41, 5.74) is -0.481. The lowest BCUT2D eigenvalue weighted by molar-refractivity contribution is 0.00839. The molecule has 0 saturated heterocycles. The number of ether oxygens (including phenoxy) is 1. The minimum Gasteiger partial charge on any atom is -0.489 e. The molecule has 0 aromatic heterocycles. The second kappa shape index (κ2) is 5.20. The summed E-state index contributed by atoms with van der Waals surface area (Å²) in [7, 11) is 0. The second-order valence-corrected chi connectivity index (χ2v) is 4.33. The van der Waals surface area contributed by atoms with Gasteiger partial charge in [-0.2, -0.15) is 5.26 Å². The van der Waals surface area contributed by atoms with Crippen LogP contribution in [0.5, 0.6) is 5.75 Å². The SMILES string of the molecule is CCC(C)(O)COc1cc(Cl)ccc1C#N. The van der Waals surface area contributed by atoms with Gasteiger partial charge in [0.2, 0.25) is 0 Å². The first-order valence-corrected chi connectivity index (χ1v) is 5.41. The van der Waals surface area contributed by atoms with Crippen LogP contribution in [0.15, 0.2) is 18.2 Å². The van der Waals surface area contributed by atoms with Crippen LogP contribution < -0.4 is 4.74 Å². The van der Waals surface area contributed by atoms with Gasteiger partial charge >= 0.3 is 0 Å². The first-order valence-electron chi connectivity index (χ1n) is 5.03. The molecule has 1 rings (SSSR count). The maximum atomic E-state index is 9.78. The zero-order valence-electron chi connectivity index (χ0n) is 9.33. The van der Waals surface area contributed by atoms with Gasteiger partial charge in [-0.15, -0.1) is 0 Å². The van der Waals surface area contributed by atoms with E-state index < -0.39 is 5.60 Å². The van der Waals surface area contributed by atoms with Gasteiger partial charge in [-0.05, 0) is 25.5 Å². The van der Waals surface area contributed by atoms with Gasteiger partial charge in [-0.1, -0.05) is 18.5 Å². The molecule has 0 aliphatic carbocycles. The molecule has 3 nitrogen and oxygen atoms in total. The summed E-state index contributed by atoms with van der Waals surface area (Å²) >= 11 is 5.81. The highest BCUT2D eigenvalue weighted by Crippen LogP contribution is 2.24. The van der Waals surface area contributed by atoms with Gasteiger partial charge in [0.05, 0.1) is 11.2 Å². The lowest BCUT2D eigenvalue weighted by Gasteiger charge is -2.21. The van der Waals surface area contributed by atoms with Gasteiger partial charge in [-0.25, -0.2) is 0 Å². The maximum absolute atomic E-state index is 9.78.